The number of carbonyl (C=O) groups is 1. The van der Waals surface area contributed by atoms with Crippen molar-refractivity contribution in [1.29, 1.82) is 0 Å². The number of aryl methyl sites for hydroxylation is 1. The van der Waals surface area contributed by atoms with Gasteiger partial charge in [0, 0.05) is 17.9 Å². The van der Waals surface area contributed by atoms with Crippen LogP contribution in [0.3, 0.4) is 0 Å². The Balaban J connectivity index is 1.90. The molecular weight excluding hydrogens is 300 g/mol. The molecule has 0 radical (unpaired) electrons. The first-order valence-electron chi connectivity index (χ1n) is 7.03. The maximum Gasteiger partial charge on any atom is 0.225 e. The maximum atomic E-state index is 11.8. The molecule has 1 N–H and O–H groups in total. The summed E-state index contributed by atoms with van der Waals surface area (Å²) in [6, 6.07) is 5.52. The molecule has 0 fully saturated rings. The van der Waals surface area contributed by atoms with Gasteiger partial charge < -0.3 is 9.73 Å². The third kappa shape index (κ3) is 2.94. The number of hydrogen-bond acceptors (Lipinski definition) is 5. The molecular formula is C15H16N4O2S. The van der Waals surface area contributed by atoms with E-state index >= 15 is 0 Å². The molecule has 3 heterocycles. The van der Waals surface area contributed by atoms with E-state index in [0.717, 1.165) is 17.8 Å². The van der Waals surface area contributed by atoms with Crippen LogP contribution in [0.5, 0.6) is 0 Å². The highest BCUT2D eigenvalue weighted by Crippen LogP contribution is 2.26. The van der Waals surface area contributed by atoms with Crippen molar-refractivity contribution < 1.29 is 9.21 Å². The topological polar surface area (TPSA) is 73.0 Å². The number of rotatable bonds is 5. The molecule has 6 nitrogen and oxygen atoms in total. The van der Waals surface area contributed by atoms with E-state index in [0.29, 0.717) is 23.1 Å². The van der Waals surface area contributed by atoms with Crippen molar-refractivity contribution in [2.45, 2.75) is 26.7 Å². The minimum atomic E-state index is -0.0218. The average Bonchev–Trinajstić information content (AvgIpc) is 3.18. The van der Waals surface area contributed by atoms with Crippen LogP contribution in [0.2, 0.25) is 0 Å². The highest BCUT2D eigenvalue weighted by molar-refractivity contribution is 7.12. The molecule has 7 heteroatoms. The van der Waals surface area contributed by atoms with Crippen LogP contribution in [-0.2, 0) is 4.79 Å². The molecule has 3 aromatic rings. The van der Waals surface area contributed by atoms with Crippen LogP contribution in [0.4, 0.5) is 5.82 Å². The fourth-order valence-corrected chi connectivity index (χ4v) is 2.84. The number of thiazole rings is 1. The summed E-state index contributed by atoms with van der Waals surface area (Å²) in [5.41, 5.74) is 1.57. The standard InChI is InChI=1S/C15H16N4O2S/c1-3-5-14(20)17-13-8-10(2)18-19(13)15-16-11(9-22-15)12-6-4-7-21-12/h4,6-9H,3,5H2,1-2H3,(H,17,20). The Hall–Kier alpha value is -2.41. The lowest BCUT2D eigenvalue weighted by Gasteiger charge is -2.05. The van der Waals surface area contributed by atoms with Gasteiger partial charge in [-0.25, -0.2) is 4.98 Å². The number of aromatic nitrogens is 3. The first-order valence-corrected chi connectivity index (χ1v) is 7.91. The van der Waals surface area contributed by atoms with E-state index in [1.54, 1.807) is 10.9 Å². The summed E-state index contributed by atoms with van der Waals surface area (Å²) < 4.78 is 7.00. The van der Waals surface area contributed by atoms with E-state index < -0.39 is 0 Å². The summed E-state index contributed by atoms with van der Waals surface area (Å²) in [5.74, 6) is 1.32. The number of nitrogens with zero attached hydrogens (tertiary/aromatic N) is 3. The van der Waals surface area contributed by atoms with Gasteiger partial charge in [0.1, 0.15) is 11.5 Å². The fourth-order valence-electron chi connectivity index (χ4n) is 2.07. The van der Waals surface area contributed by atoms with Crippen LogP contribution in [0, 0.1) is 6.92 Å². The van der Waals surface area contributed by atoms with E-state index in [2.05, 4.69) is 15.4 Å². The van der Waals surface area contributed by atoms with Gasteiger partial charge in [0.2, 0.25) is 11.0 Å². The third-order valence-electron chi connectivity index (χ3n) is 3.02. The molecule has 0 saturated carbocycles. The zero-order chi connectivity index (χ0) is 15.5. The van der Waals surface area contributed by atoms with Crippen molar-refractivity contribution in [2.75, 3.05) is 5.32 Å². The summed E-state index contributed by atoms with van der Waals surface area (Å²) in [7, 11) is 0. The predicted molar refractivity (Wildman–Crippen MR) is 85.2 cm³/mol. The third-order valence-corrected chi connectivity index (χ3v) is 3.84. The van der Waals surface area contributed by atoms with Gasteiger partial charge in [0.05, 0.1) is 12.0 Å². The molecule has 0 aliphatic heterocycles. The molecule has 22 heavy (non-hydrogen) atoms. The smallest absolute Gasteiger partial charge is 0.225 e. The molecule has 3 rings (SSSR count). The highest BCUT2D eigenvalue weighted by atomic mass is 32.1. The summed E-state index contributed by atoms with van der Waals surface area (Å²) in [6.45, 7) is 3.85. The van der Waals surface area contributed by atoms with Crippen molar-refractivity contribution in [3.8, 4) is 16.6 Å². The molecule has 0 atom stereocenters. The van der Waals surface area contributed by atoms with Crippen molar-refractivity contribution in [3.05, 3.63) is 35.5 Å². The van der Waals surface area contributed by atoms with Crippen molar-refractivity contribution >= 4 is 23.1 Å². The quantitative estimate of drug-likeness (QED) is 0.780. The second-order valence-corrected chi connectivity index (χ2v) is 5.71. The summed E-state index contributed by atoms with van der Waals surface area (Å²) >= 11 is 1.45. The Morgan fingerprint density at radius 3 is 3.09 bits per heavy atom. The zero-order valence-electron chi connectivity index (χ0n) is 12.4. The monoisotopic (exact) mass is 316 g/mol. The van der Waals surface area contributed by atoms with Crippen LogP contribution in [-0.4, -0.2) is 20.7 Å². The molecule has 1 amide bonds. The van der Waals surface area contributed by atoms with E-state index in [4.69, 9.17) is 4.42 Å². The number of furan rings is 1. The number of amides is 1. The van der Waals surface area contributed by atoms with Crippen molar-refractivity contribution in [1.82, 2.24) is 14.8 Å². The first-order chi connectivity index (χ1) is 10.7. The number of hydrogen-bond donors (Lipinski definition) is 1. The van der Waals surface area contributed by atoms with E-state index in [1.807, 2.05) is 37.4 Å². The SMILES string of the molecule is CCCC(=O)Nc1cc(C)nn1-c1nc(-c2ccco2)cs1. The lowest BCUT2D eigenvalue weighted by atomic mass is 10.3. The Kier molecular flexibility index (Phi) is 4.06. The van der Waals surface area contributed by atoms with Gasteiger partial charge in [-0.1, -0.05) is 6.92 Å². The fraction of sp³-hybridized carbons (Fsp3) is 0.267. The van der Waals surface area contributed by atoms with E-state index in [1.165, 1.54) is 11.3 Å². The van der Waals surface area contributed by atoms with Crippen molar-refractivity contribution in [2.24, 2.45) is 0 Å². The molecule has 0 bridgehead atoms. The molecule has 0 unspecified atom stereocenters. The van der Waals surface area contributed by atoms with Gasteiger partial charge >= 0.3 is 0 Å². The molecule has 114 valence electrons. The summed E-state index contributed by atoms with van der Waals surface area (Å²) in [4.78, 5) is 16.3. The van der Waals surface area contributed by atoms with Gasteiger partial charge in [-0.05, 0) is 25.5 Å². The molecule has 0 saturated heterocycles. The molecule has 0 aliphatic rings. The van der Waals surface area contributed by atoms with Gasteiger partial charge in [-0.15, -0.1) is 11.3 Å². The largest absolute Gasteiger partial charge is 0.463 e. The molecule has 0 aromatic carbocycles. The Morgan fingerprint density at radius 1 is 1.50 bits per heavy atom. The molecule has 0 spiro atoms. The lowest BCUT2D eigenvalue weighted by molar-refractivity contribution is -0.116. The van der Waals surface area contributed by atoms with Gasteiger partial charge in [-0.2, -0.15) is 9.78 Å². The maximum absolute atomic E-state index is 11.8. The van der Waals surface area contributed by atoms with Gasteiger partial charge in [0.25, 0.3) is 0 Å². The number of nitrogens with one attached hydrogen (secondary N) is 1. The minimum Gasteiger partial charge on any atom is -0.463 e. The van der Waals surface area contributed by atoms with Crippen LogP contribution in [0.15, 0.2) is 34.3 Å². The zero-order valence-corrected chi connectivity index (χ0v) is 13.2. The molecule has 3 aromatic heterocycles. The predicted octanol–water partition coefficient (Wildman–Crippen LogP) is 3.64. The molecule has 0 aliphatic carbocycles. The van der Waals surface area contributed by atoms with Gasteiger partial charge in [-0.3, -0.25) is 4.79 Å². The summed E-state index contributed by atoms with van der Waals surface area (Å²) in [5, 5.41) is 9.88. The Labute approximate surface area is 131 Å². The Bertz CT molecular complexity index is 773. The van der Waals surface area contributed by atoms with Crippen LogP contribution in [0.1, 0.15) is 25.5 Å². The number of carbonyl (C=O) groups excluding carboxylic acids is 1. The van der Waals surface area contributed by atoms with Crippen LogP contribution >= 0.6 is 11.3 Å². The average molecular weight is 316 g/mol. The second-order valence-electron chi connectivity index (χ2n) is 4.87. The normalized spacial score (nSPS) is 10.8. The Morgan fingerprint density at radius 2 is 2.36 bits per heavy atom. The van der Waals surface area contributed by atoms with Crippen LogP contribution in [0.25, 0.3) is 16.6 Å². The number of anilines is 1. The second kappa shape index (κ2) is 6.15. The highest BCUT2D eigenvalue weighted by Gasteiger charge is 2.14. The first kappa shape index (κ1) is 14.5. The van der Waals surface area contributed by atoms with Gasteiger partial charge in [0.15, 0.2) is 5.76 Å². The van der Waals surface area contributed by atoms with Crippen LogP contribution < -0.4 is 5.32 Å². The minimum absolute atomic E-state index is 0.0218. The van der Waals surface area contributed by atoms with E-state index in [9.17, 15) is 4.79 Å². The summed E-state index contributed by atoms with van der Waals surface area (Å²) in [6.07, 6.45) is 2.90. The van der Waals surface area contributed by atoms with Crippen molar-refractivity contribution in [3.63, 3.8) is 0 Å². The van der Waals surface area contributed by atoms with E-state index in [-0.39, 0.29) is 5.91 Å². The lowest BCUT2D eigenvalue weighted by Crippen LogP contribution is -2.14.